The van der Waals surface area contributed by atoms with Crippen molar-refractivity contribution < 1.29 is 27.9 Å². The number of aromatic nitrogens is 2. The van der Waals surface area contributed by atoms with Crippen LogP contribution in [-0.2, 0) is 27.8 Å². The van der Waals surface area contributed by atoms with Crippen LogP contribution in [0.25, 0.3) is 11.6 Å². The van der Waals surface area contributed by atoms with Crippen LogP contribution in [0.5, 0.6) is 5.75 Å². The van der Waals surface area contributed by atoms with E-state index >= 15 is 0 Å². The Labute approximate surface area is 267 Å². The Hall–Kier alpha value is -4.64. The van der Waals surface area contributed by atoms with Gasteiger partial charge in [0.15, 0.2) is 23.4 Å². The normalized spacial score (nSPS) is 22.7. The van der Waals surface area contributed by atoms with Crippen molar-refractivity contribution in [3.05, 3.63) is 82.3 Å². The van der Waals surface area contributed by atoms with Gasteiger partial charge in [0.2, 0.25) is 17.7 Å². The highest BCUT2D eigenvalue weighted by Gasteiger charge is 2.61. The molecule has 46 heavy (non-hydrogen) atoms. The first-order chi connectivity index (χ1) is 22.3. The summed E-state index contributed by atoms with van der Waals surface area (Å²) in [5.74, 6) is 0.452. The van der Waals surface area contributed by atoms with Gasteiger partial charge in [-0.15, -0.1) is 0 Å². The molecule has 4 atom stereocenters. The second-order valence-corrected chi connectivity index (χ2v) is 12.7. The maximum Gasteiger partial charge on any atom is 0.360 e. The van der Waals surface area contributed by atoms with Crippen LogP contribution >= 0.6 is 0 Å². The molecule has 2 aromatic carbocycles. The van der Waals surface area contributed by atoms with E-state index in [2.05, 4.69) is 46.8 Å². The SMILES string of the molecule is CCCCCCc1cccc2c1N[C@H]1Oc3ccc4cc3C21c1oc(nc1-c1nc(C(=O)OC)co1)[C@H](C(C)C)NC(=O)[C@@H](N)C4. The summed E-state index contributed by atoms with van der Waals surface area (Å²) >= 11 is 0. The molecule has 0 saturated heterocycles. The molecule has 4 N–H and O–H groups in total. The average Bonchev–Trinajstić information content (AvgIpc) is 3.82. The van der Waals surface area contributed by atoms with E-state index in [0.29, 0.717) is 23.6 Å². The fraction of sp³-hybridized carbons (Fsp3) is 0.429. The molecule has 7 rings (SSSR count). The number of amides is 1. The molecule has 11 heteroatoms. The van der Waals surface area contributed by atoms with Crippen LogP contribution < -0.4 is 21.1 Å². The number of hydrogen-bond acceptors (Lipinski definition) is 10. The number of rotatable bonds is 8. The third kappa shape index (κ3) is 4.67. The van der Waals surface area contributed by atoms with Crippen molar-refractivity contribution in [3.8, 4) is 17.3 Å². The summed E-state index contributed by atoms with van der Waals surface area (Å²) in [4.78, 5) is 35.2. The van der Waals surface area contributed by atoms with Gasteiger partial charge in [0, 0.05) is 11.3 Å². The third-order valence-electron chi connectivity index (χ3n) is 9.38. The summed E-state index contributed by atoms with van der Waals surface area (Å²) in [5.41, 5.74) is 10.7. The monoisotopic (exact) mass is 625 g/mol. The number of fused-ring (bicyclic) bond motifs is 4. The molecule has 0 aliphatic carbocycles. The summed E-state index contributed by atoms with van der Waals surface area (Å²) < 4.78 is 24.3. The Morgan fingerprint density at radius 2 is 1.98 bits per heavy atom. The minimum absolute atomic E-state index is 0.00400. The number of hydrogen-bond donors (Lipinski definition) is 3. The Bertz CT molecular complexity index is 1810. The highest BCUT2D eigenvalue weighted by molar-refractivity contribution is 5.87. The fourth-order valence-electron chi connectivity index (χ4n) is 7.02. The molecular weight excluding hydrogens is 586 g/mol. The molecule has 3 aliphatic heterocycles. The Kier molecular flexibility index (Phi) is 7.59. The van der Waals surface area contributed by atoms with Crippen LogP contribution in [-0.4, -0.2) is 41.2 Å². The topological polar surface area (TPSA) is 155 Å². The second-order valence-electron chi connectivity index (χ2n) is 12.7. The molecule has 0 saturated carbocycles. The minimum atomic E-state index is -1.00. The predicted molar refractivity (Wildman–Crippen MR) is 169 cm³/mol. The maximum atomic E-state index is 13.4. The molecule has 1 amide bonds. The van der Waals surface area contributed by atoms with Crippen molar-refractivity contribution in [2.75, 3.05) is 12.4 Å². The molecule has 0 radical (unpaired) electrons. The number of carbonyl (C=O) groups is 2. The lowest BCUT2D eigenvalue weighted by Crippen LogP contribution is -2.45. The molecule has 240 valence electrons. The number of benzene rings is 2. The lowest BCUT2D eigenvalue weighted by molar-refractivity contribution is -0.123. The molecular formula is C35H39N5O6. The highest BCUT2D eigenvalue weighted by Crippen LogP contribution is 2.60. The van der Waals surface area contributed by atoms with Gasteiger partial charge >= 0.3 is 5.97 Å². The number of carbonyl (C=O) groups excluding carboxylic acids is 2. The predicted octanol–water partition coefficient (Wildman–Crippen LogP) is 5.41. The number of esters is 1. The number of methoxy groups -OCH3 is 1. The zero-order valence-corrected chi connectivity index (χ0v) is 26.5. The highest BCUT2D eigenvalue weighted by atomic mass is 16.5. The van der Waals surface area contributed by atoms with Crippen molar-refractivity contribution in [2.45, 2.75) is 83.0 Å². The van der Waals surface area contributed by atoms with Gasteiger partial charge in [0.1, 0.15) is 23.5 Å². The second kappa shape index (κ2) is 11.6. The summed E-state index contributed by atoms with van der Waals surface area (Å²) in [6.07, 6.45) is 6.50. The number of nitrogens with zero attached hydrogens (tertiary/aromatic N) is 2. The van der Waals surface area contributed by atoms with E-state index in [0.717, 1.165) is 41.6 Å². The Balaban J connectivity index is 1.51. The van der Waals surface area contributed by atoms with Gasteiger partial charge in [0.25, 0.3) is 0 Å². The number of anilines is 1. The van der Waals surface area contributed by atoms with Gasteiger partial charge in [-0.25, -0.2) is 14.8 Å². The fourth-order valence-corrected chi connectivity index (χ4v) is 7.02. The minimum Gasteiger partial charge on any atom is -0.469 e. The van der Waals surface area contributed by atoms with Crippen molar-refractivity contribution >= 4 is 17.6 Å². The molecule has 0 fully saturated rings. The van der Waals surface area contributed by atoms with Crippen LogP contribution in [0.3, 0.4) is 0 Å². The number of aryl methyl sites for hydroxylation is 1. The molecule has 1 unspecified atom stereocenters. The molecule has 5 heterocycles. The summed E-state index contributed by atoms with van der Waals surface area (Å²) in [7, 11) is 1.29. The van der Waals surface area contributed by atoms with E-state index < -0.39 is 29.7 Å². The smallest absolute Gasteiger partial charge is 0.360 e. The van der Waals surface area contributed by atoms with Crippen LogP contribution in [0.4, 0.5) is 5.69 Å². The average molecular weight is 626 g/mol. The number of unbranched alkanes of at least 4 members (excludes halogenated alkanes) is 3. The van der Waals surface area contributed by atoms with Gasteiger partial charge in [-0.3, -0.25) is 4.79 Å². The van der Waals surface area contributed by atoms with Crippen LogP contribution in [0.15, 0.2) is 51.5 Å². The number of nitrogens with one attached hydrogen (secondary N) is 2. The van der Waals surface area contributed by atoms with E-state index in [-0.39, 0.29) is 29.3 Å². The zero-order chi connectivity index (χ0) is 32.2. The van der Waals surface area contributed by atoms with E-state index in [1.54, 1.807) is 0 Å². The lowest BCUT2D eigenvalue weighted by atomic mass is 9.72. The first-order valence-corrected chi connectivity index (χ1v) is 16.1. The number of oxazole rings is 2. The maximum absolute atomic E-state index is 13.4. The quantitative estimate of drug-likeness (QED) is 0.171. The Morgan fingerprint density at radius 1 is 1.13 bits per heavy atom. The molecule has 2 aromatic heterocycles. The van der Waals surface area contributed by atoms with E-state index in [1.807, 2.05) is 26.0 Å². The first-order valence-electron chi connectivity index (χ1n) is 16.1. The third-order valence-corrected chi connectivity index (χ3v) is 9.38. The van der Waals surface area contributed by atoms with Crippen molar-refractivity contribution in [1.82, 2.24) is 15.3 Å². The first kappa shape index (κ1) is 30.0. The molecule has 3 aliphatic rings. The van der Waals surface area contributed by atoms with Crippen molar-refractivity contribution in [2.24, 2.45) is 11.7 Å². The van der Waals surface area contributed by atoms with E-state index in [9.17, 15) is 9.59 Å². The zero-order valence-electron chi connectivity index (χ0n) is 26.5. The standard InChI is InChI=1S/C35H39N5O6/c1-5-6-7-8-10-20-11-9-12-21-27(20)40-34-35(21)22-15-19(13-14-25(22)45-34)16-23(36)30(41)38-26(18(2)3)32-39-28(29(35)46-32)31-37-24(17-44-31)33(42)43-4/h9,11-15,17-18,23,26,34,40H,5-8,10,16,36H2,1-4H3,(H,38,41)/t23-,26-,34-,35?/m0/s1. The molecule has 4 aromatic rings. The van der Waals surface area contributed by atoms with Crippen LogP contribution in [0, 0.1) is 5.92 Å². The number of nitrogens with two attached hydrogens (primary N) is 1. The lowest BCUT2D eigenvalue weighted by Gasteiger charge is -2.28. The largest absolute Gasteiger partial charge is 0.469 e. The van der Waals surface area contributed by atoms with Crippen molar-refractivity contribution in [1.29, 1.82) is 0 Å². The van der Waals surface area contributed by atoms with Crippen molar-refractivity contribution in [3.63, 3.8) is 0 Å². The van der Waals surface area contributed by atoms with E-state index in [4.69, 9.17) is 29.0 Å². The number of para-hydroxylation sites is 1. The summed E-state index contributed by atoms with van der Waals surface area (Å²) in [6, 6.07) is 10.9. The van der Waals surface area contributed by atoms with Gasteiger partial charge in [0.05, 0.1) is 13.2 Å². The van der Waals surface area contributed by atoms with E-state index in [1.165, 1.54) is 31.8 Å². The number of ether oxygens (including phenoxy) is 2. The summed E-state index contributed by atoms with van der Waals surface area (Å²) in [6.45, 7) is 6.16. The van der Waals surface area contributed by atoms with Gasteiger partial charge in [-0.05, 0) is 47.9 Å². The molecule has 11 nitrogen and oxygen atoms in total. The van der Waals surface area contributed by atoms with Gasteiger partial charge in [-0.1, -0.05) is 70.4 Å². The Morgan fingerprint density at radius 3 is 2.76 bits per heavy atom. The summed E-state index contributed by atoms with van der Waals surface area (Å²) in [5, 5.41) is 6.79. The molecule has 1 spiro atoms. The molecule has 4 bridgehead atoms. The van der Waals surface area contributed by atoms with Gasteiger partial charge in [-0.2, -0.15) is 0 Å². The van der Waals surface area contributed by atoms with Crippen LogP contribution in [0.2, 0.25) is 0 Å². The van der Waals surface area contributed by atoms with Gasteiger partial charge < -0.3 is 34.7 Å². The van der Waals surface area contributed by atoms with Crippen LogP contribution in [0.1, 0.15) is 96.9 Å².